The van der Waals surface area contributed by atoms with Gasteiger partial charge in [-0.05, 0) is 30.2 Å². The molecule has 0 spiro atoms. The Bertz CT molecular complexity index is 1200. The summed E-state index contributed by atoms with van der Waals surface area (Å²) in [6.07, 6.45) is 0.479. The standard InChI is InChI=1S/C28H29N3O2S/c1-2-33-24-14-9-15-25-27(24)29-28(34-25)31-18-16-30(17-19-31)26(32)20-23(21-10-5-3-6-11-21)22-12-7-4-8-13-22/h3-15,23H,2,16-20H2,1H3. The van der Waals surface area contributed by atoms with E-state index in [0.29, 0.717) is 26.1 Å². The summed E-state index contributed by atoms with van der Waals surface area (Å²) >= 11 is 1.69. The zero-order valence-corrected chi connectivity index (χ0v) is 20.2. The fraction of sp³-hybridized carbons (Fsp3) is 0.286. The number of ether oxygens (including phenoxy) is 1. The molecule has 0 atom stereocenters. The molecule has 0 aliphatic carbocycles. The monoisotopic (exact) mass is 471 g/mol. The van der Waals surface area contributed by atoms with Gasteiger partial charge in [0.1, 0.15) is 11.3 Å². The first kappa shape index (κ1) is 22.4. The second-order valence-corrected chi connectivity index (χ2v) is 9.49. The zero-order chi connectivity index (χ0) is 23.3. The Balaban J connectivity index is 1.27. The first-order valence-electron chi connectivity index (χ1n) is 11.9. The molecular weight excluding hydrogens is 442 g/mol. The van der Waals surface area contributed by atoms with Crippen molar-refractivity contribution in [2.45, 2.75) is 19.3 Å². The predicted molar refractivity (Wildman–Crippen MR) is 139 cm³/mol. The van der Waals surface area contributed by atoms with Gasteiger partial charge < -0.3 is 14.5 Å². The maximum absolute atomic E-state index is 13.3. The van der Waals surface area contributed by atoms with Gasteiger partial charge in [0.15, 0.2) is 5.13 Å². The number of thiazole rings is 1. The summed E-state index contributed by atoms with van der Waals surface area (Å²) < 4.78 is 6.88. The number of anilines is 1. The number of carbonyl (C=O) groups excluding carboxylic acids is 1. The summed E-state index contributed by atoms with van der Waals surface area (Å²) in [6, 6.07) is 26.8. The van der Waals surface area contributed by atoms with Crippen LogP contribution in [0.3, 0.4) is 0 Å². The smallest absolute Gasteiger partial charge is 0.223 e. The Kier molecular flexibility index (Phi) is 6.77. The van der Waals surface area contributed by atoms with Gasteiger partial charge in [0.05, 0.1) is 11.3 Å². The van der Waals surface area contributed by atoms with Crippen molar-refractivity contribution < 1.29 is 9.53 Å². The summed E-state index contributed by atoms with van der Waals surface area (Å²) in [6.45, 7) is 5.61. The minimum Gasteiger partial charge on any atom is -0.492 e. The van der Waals surface area contributed by atoms with Crippen molar-refractivity contribution in [2.75, 3.05) is 37.7 Å². The molecule has 5 rings (SSSR count). The van der Waals surface area contributed by atoms with E-state index < -0.39 is 0 Å². The van der Waals surface area contributed by atoms with Gasteiger partial charge in [0.2, 0.25) is 5.91 Å². The van der Waals surface area contributed by atoms with Gasteiger partial charge in [-0.25, -0.2) is 4.98 Å². The zero-order valence-electron chi connectivity index (χ0n) is 19.4. The molecule has 4 aromatic rings. The molecule has 0 unspecified atom stereocenters. The number of piperazine rings is 1. The van der Waals surface area contributed by atoms with E-state index in [9.17, 15) is 4.79 Å². The van der Waals surface area contributed by atoms with Gasteiger partial charge in [0.25, 0.3) is 0 Å². The van der Waals surface area contributed by atoms with Crippen molar-refractivity contribution in [3.63, 3.8) is 0 Å². The first-order chi connectivity index (χ1) is 16.7. The topological polar surface area (TPSA) is 45.7 Å². The van der Waals surface area contributed by atoms with Crippen LogP contribution in [0.1, 0.15) is 30.4 Å². The second kappa shape index (κ2) is 10.3. The van der Waals surface area contributed by atoms with Crippen molar-refractivity contribution in [2.24, 2.45) is 0 Å². The minimum absolute atomic E-state index is 0.0641. The normalized spacial score (nSPS) is 14.1. The predicted octanol–water partition coefficient (Wildman–Crippen LogP) is 5.57. The van der Waals surface area contributed by atoms with Crippen LogP contribution in [0.5, 0.6) is 5.75 Å². The Morgan fingerprint density at radius 2 is 1.56 bits per heavy atom. The fourth-order valence-corrected chi connectivity index (χ4v) is 5.60. The van der Waals surface area contributed by atoms with Crippen LogP contribution in [0.4, 0.5) is 5.13 Å². The molecule has 34 heavy (non-hydrogen) atoms. The lowest BCUT2D eigenvalue weighted by Crippen LogP contribution is -2.49. The van der Waals surface area contributed by atoms with E-state index in [2.05, 4.69) is 35.2 Å². The van der Waals surface area contributed by atoms with Gasteiger partial charge in [-0.15, -0.1) is 0 Å². The van der Waals surface area contributed by atoms with E-state index >= 15 is 0 Å². The number of benzene rings is 3. The van der Waals surface area contributed by atoms with Crippen LogP contribution >= 0.6 is 11.3 Å². The van der Waals surface area contributed by atoms with Gasteiger partial charge in [-0.3, -0.25) is 4.79 Å². The lowest BCUT2D eigenvalue weighted by molar-refractivity contribution is -0.131. The number of nitrogens with zero attached hydrogens (tertiary/aromatic N) is 3. The summed E-state index contributed by atoms with van der Waals surface area (Å²) in [5.41, 5.74) is 3.29. The van der Waals surface area contributed by atoms with Crippen LogP contribution < -0.4 is 9.64 Å². The van der Waals surface area contributed by atoms with E-state index in [1.807, 2.05) is 60.4 Å². The number of rotatable bonds is 7. The molecule has 1 aliphatic heterocycles. The largest absolute Gasteiger partial charge is 0.492 e. The molecule has 1 amide bonds. The quantitative estimate of drug-likeness (QED) is 0.354. The van der Waals surface area contributed by atoms with Crippen molar-refractivity contribution in [1.82, 2.24) is 9.88 Å². The molecule has 5 nitrogen and oxygen atoms in total. The van der Waals surface area contributed by atoms with E-state index in [1.165, 1.54) is 11.1 Å². The van der Waals surface area contributed by atoms with E-state index in [1.54, 1.807) is 11.3 Å². The molecule has 6 heteroatoms. The average molecular weight is 472 g/mol. The van der Waals surface area contributed by atoms with Gasteiger partial charge in [0, 0.05) is 38.5 Å². The number of carbonyl (C=O) groups is 1. The third kappa shape index (κ3) is 4.77. The number of para-hydroxylation sites is 1. The molecule has 1 aliphatic rings. The molecular formula is C28H29N3O2S. The van der Waals surface area contributed by atoms with E-state index in [0.717, 1.165) is 34.2 Å². The molecule has 1 fully saturated rings. The Morgan fingerprint density at radius 3 is 2.18 bits per heavy atom. The molecule has 174 valence electrons. The van der Waals surface area contributed by atoms with Crippen LogP contribution in [-0.4, -0.2) is 48.6 Å². The van der Waals surface area contributed by atoms with Crippen molar-refractivity contribution >= 4 is 32.6 Å². The average Bonchev–Trinajstić information content (AvgIpc) is 3.34. The Labute approximate surface area is 204 Å². The molecule has 1 saturated heterocycles. The summed E-state index contributed by atoms with van der Waals surface area (Å²) in [5, 5.41) is 1.00. The lowest BCUT2D eigenvalue weighted by Gasteiger charge is -2.35. The van der Waals surface area contributed by atoms with Crippen LogP contribution in [0.15, 0.2) is 78.9 Å². The SMILES string of the molecule is CCOc1cccc2sc(N3CCN(C(=O)CC(c4ccccc4)c4ccccc4)CC3)nc12. The number of hydrogen-bond acceptors (Lipinski definition) is 5. The lowest BCUT2D eigenvalue weighted by atomic mass is 9.88. The van der Waals surface area contributed by atoms with E-state index in [-0.39, 0.29) is 11.8 Å². The van der Waals surface area contributed by atoms with Crippen LogP contribution in [-0.2, 0) is 4.79 Å². The maximum Gasteiger partial charge on any atom is 0.223 e. The van der Waals surface area contributed by atoms with Gasteiger partial charge >= 0.3 is 0 Å². The molecule has 0 radical (unpaired) electrons. The van der Waals surface area contributed by atoms with Crippen LogP contribution in [0.25, 0.3) is 10.2 Å². The summed E-state index contributed by atoms with van der Waals surface area (Å²) in [7, 11) is 0. The third-order valence-corrected chi connectivity index (χ3v) is 7.44. The highest BCUT2D eigenvalue weighted by atomic mass is 32.1. The Hall–Kier alpha value is -3.38. The van der Waals surface area contributed by atoms with Crippen LogP contribution in [0.2, 0.25) is 0 Å². The Morgan fingerprint density at radius 1 is 0.912 bits per heavy atom. The fourth-order valence-electron chi connectivity index (χ4n) is 4.57. The van der Waals surface area contributed by atoms with Crippen molar-refractivity contribution in [1.29, 1.82) is 0 Å². The van der Waals surface area contributed by atoms with E-state index in [4.69, 9.17) is 9.72 Å². The second-order valence-electron chi connectivity index (χ2n) is 8.48. The number of aromatic nitrogens is 1. The molecule has 0 bridgehead atoms. The highest BCUT2D eigenvalue weighted by Crippen LogP contribution is 2.35. The number of amides is 1. The van der Waals surface area contributed by atoms with Gasteiger partial charge in [-0.2, -0.15) is 0 Å². The molecule has 0 N–H and O–H groups in total. The number of hydrogen-bond donors (Lipinski definition) is 0. The summed E-state index contributed by atoms with van der Waals surface area (Å²) in [4.78, 5) is 22.5. The molecule has 2 heterocycles. The summed E-state index contributed by atoms with van der Waals surface area (Å²) in [5.74, 6) is 1.11. The third-order valence-electron chi connectivity index (χ3n) is 6.36. The highest BCUT2D eigenvalue weighted by molar-refractivity contribution is 7.22. The number of fused-ring (bicyclic) bond motifs is 1. The van der Waals surface area contributed by atoms with Crippen LogP contribution in [0, 0.1) is 0 Å². The van der Waals surface area contributed by atoms with Crippen molar-refractivity contribution in [3.05, 3.63) is 90.0 Å². The first-order valence-corrected chi connectivity index (χ1v) is 12.7. The minimum atomic E-state index is 0.0641. The van der Waals surface area contributed by atoms with Crippen molar-refractivity contribution in [3.8, 4) is 5.75 Å². The maximum atomic E-state index is 13.3. The van der Waals surface area contributed by atoms with Gasteiger partial charge in [-0.1, -0.05) is 78.1 Å². The highest BCUT2D eigenvalue weighted by Gasteiger charge is 2.26. The molecule has 0 saturated carbocycles. The molecule has 1 aromatic heterocycles. The molecule has 3 aromatic carbocycles.